The van der Waals surface area contributed by atoms with Crippen LogP contribution in [0.1, 0.15) is 38.3 Å². The first-order valence-corrected chi connectivity index (χ1v) is 7.02. The van der Waals surface area contributed by atoms with Crippen LogP contribution in [0.15, 0.2) is 30.3 Å². The third-order valence-corrected chi connectivity index (χ3v) is 4.16. The number of benzene rings is 1. The van der Waals surface area contributed by atoms with Gasteiger partial charge in [0.25, 0.3) is 0 Å². The highest BCUT2D eigenvalue weighted by Crippen LogP contribution is 2.31. The molecule has 1 aliphatic heterocycles. The Morgan fingerprint density at radius 2 is 2.05 bits per heavy atom. The lowest BCUT2D eigenvalue weighted by Crippen LogP contribution is -2.48. The average Bonchev–Trinajstić information content (AvgIpc) is 2.46. The summed E-state index contributed by atoms with van der Waals surface area (Å²) in [5, 5.41) is 0. The minimum atomic E-state index is -0.107. The first-order chi connectivity index (χ1) is 9.13. The van der Waals surface area contributed by atoms with Crippen molar-refractivity contribution in [2.45, 2.75) is 38.8 Å². The van der Waals surface area contributed by atoms with Crippen LogP contribution < -0.4 is 0 Å². The Labute approximate surface area is 115 Å². The second kappa shape index (κ2) is 6.20. The lowest BCUT2D eigenvalue weighted by atomic mass is 9.90. The van der Waals surface area contributed by atoms with Crippen molar-refractivity contribution < 1.29 is 9.53 Å². The fraction of sp³-hybridized carbons (Fsp3) is 0.562. The van der Waals surface area contributed by atoms with E-state index < -0.39 is 0 Å². The third kappa shape index (κ3) is 3.16. The van der Waals surface area contributed by atoms with Gasteiger partial charge in [0.2, 0.25) is 0 Å². The van der Waals surface area contributed by atoms with Crippen molar-refractivity contribution in [3.63, 3.8) is 0 Å². The maximum absolute atomic E-state index is 12.0. The Balaban J connectivity index is 2.18. The number of piperidine rings is 1. The van der Waals surface area contributed by atoms with Gasteiger partial charge in [0.1, 0.15) is 6.04 Å². The molecule has 0 radical (unpaired) electrons. The highest BCUT2D eigenvalue weighted by molar-refractivity contribution is 5.75. The Hall–Kier alpha value is -1.35. The molecule has 3 heteroatoms. The van der Waals surface area contributed by atoms with Crippen molar-refractivity contribution in [2.75, 3.05) is 13.7 Å². The van der Waals surface area contributed by atoms with E-state index in [1.165, 1.54) is 12.7 Å². The molecule has 3 atom stereocenters. The van der Waals surface area contributed by atoms with Gasteiger partial charge in [0.15, 0.2) is 0 Å². The molecule has 0 aliphatic carbocycles. The normalized spacial score (nSPS) is 25.8. The van der Waals surface area contributed by atoms with Crippen LogP contribution in [-0.4, -0.2) is 30.6 Å². The highest BCUT2D eigenvalue weighted by atomic mass is 16.5. The Kier molecular flexibility index (Phi) is 4.59. The number of likely N-dealkylation sites (tertiary alicyclic amines) is 1. The summed E-state index contributed by atoms with van der Waals surface area (Å²) in [5.74, 6) is 0.484. The number of rotatable bonds is 3. The summed E-state index contributed by atoms with van der Waals surface area (Å²) in [6.07, 6.45) is 2.04. The van der Waals surface area contributed by atoms with Gasteiger partial charge >= 0.3 is 5.97 Å². The second-order valence-corrected chi connectivity index (χ2v) is 5.49. The van der Waals surface area contributed by atoms with Crippen LogP contribution in [0.5, 0.6) is 0 Å². The number of hydrogen-bond acceptors (Lipinski definition) is 3. The number of nitrogens with zero attached hydrogens (tertiary/aromatic N) is 1. The van der Waals surface area contributed by atoms with Gasteiger partial charge in [-0.1, -0.05) is 37.3 Å². The summed E-state index contributed by atoms with van der Waals surface area (Å²) in [4.78, 5) is 14.3. The minimum absolute atomic E-state index is 0.102. The molecule has 0 amide bonds. The molecule has 1 fully saturated rings. The van der Waals surface area contributed by atoms with E-state index in [0.29, 0.717) is 5.92 Å². The van der Waals surface area contributed by atoms with E-state index >= 15 is 0 Å². The highest BCUT2D eigenvalue weighted by Gasteiger charge is 2.35. The molecule has 2 rings (SSSR count). The average molecular weight is 261 g/mol. The van der Waals surface area contributed by atoms with E-state index in [-0.39, 0.29) is 18.1 Å². The summed E-state index contributed by atoms with van der Waals surface area (Å²) in [7, 11) is 1.48. The number of ether oxygens (including phenoxy) is 1. The number of carbonyl (C=O) groups is 1. The molecule has 0 N–H and O–H groups in total. The van der Waals surface area contributed by atoms with E-state index in [4.69, 9.17) is 4.74 Å². The fourth-order valence-electron chi connectivity index (χ4n) is 2.91. The molecule has 19 heavy (non-hydrogen) atoms. The molecule has 0 saturated carbocycles. The largest absolute Gasteiger partial charge is 0.468 e. The van der Waals surface area contributed by atoms with E-state index in [2.05, 4.69) is 30.9 Å². The van der Waals surface area contributed by atoms with Crippen molar-refractivity contribution in [1.29, 1.82) is 0 Å². The van der Waals surface area contributed by atoms with Crippen LogP contribution in [0.2, 0.25) is 0 Å². The molecule has 0 bridgehead atoms. The summed E-state index contributed by atoms with van der Waals surface area (Å²) < 4.78 is 4.97. The molecular weight excluding hydrogens is 238 g/mol. The van der Waals surface area contributed by atoms with Crippen molar-refractivity contribution in [3.05, 3.63) is 35.9 Å². The standard InChI is InChI=1S/C16H23NO2/c1-12-9-10-17(15(11-12)16(18)19-3)13(2)14-7-5-4-6-8-14/h4-8,12-13,15H,9-11H2,1-3H3/t12?,13-,15-/m0/s1. The van der Waals surface area contributed by atoms with Gasteiger partial charge in [-0.25, -0.2) is 0 Å². The van der Waals surface area contributed by atoms with Gasteiger partial charge in [-0.3, -0.25) is 9.69 Å². The molecule has 1 saturated heterocycles. The first kappa shape index (κ1) is 14.1. The lowest BCUT2D eigenvalue weighted by molar-refractivity contribution is -0.150. The summed E-state index contributed by atoms with van der Waals surface area (Å²) in [6.45, 7) is 5.33. The van der Waals surface area contributed by atoms with Gasteiger partial charge < -0.3 is 4.74 Å². The number of esters is 1. The van der Waals surface area contributed by atoms with Gasteiger partial charge in [-0.05, 0) is 37.8 Å². The fourth-order valence-corrected chi connectivity index (χ4v) is 2.91. The van der Waals surface area contributed by atoms with Crippen LogP contribution in [-0.2, 0) is 9.53 Å². The number of carbonyl (C=O) groups excluding carboxylic acids is 1. The van der Waals surface area contributed by atoms with Crippen molar-refractivity contribution in [3.8, 4) is 0 Å². The van der Waals surface area contributed by atoms with E-state index in [1.54, 1.807) is 0 Å². The number of hydrogen-bond donors (Lipinski definition) is 0. The van der Waals surface area contributed by atoms with Gasteiger partial charge in [-0.15, -0.1) is 0 Å². The molecule has 0 aromatic heterocycles. The molecule has 1 aromatic rings. The van der Waals surface area contributed by atoms with Crippen LogP contribution >= 0.6 is 0 Å². The van der Waals surface area contributed by atoms with Crippen LogP contribution in [0.25, 0.3) is 0 Å². The Morgan fingerprint density at radius 1 is 1.37 bits per heavy atom. The molecule has 1 heterocycles. The topological polar surface area (TPSA) is 29.5 Å². The zero-order valence-corrected chi connectivity index (χ0v) is 12.0. The molecular formula is C16H23NO2. The molecule has 3 nitrogen and oxygen atoms in total. The molecule has 1 aliphatic rings. The predicted molar refractivity (Wildman–Crippen MR) is 75.8 cm³/mol. The van der Waals surface area contributed by atoms with E-state index in [0.717, 1.165) is 19.4 Å². The van der Waals surface area contributed by atoms with Crippen molar-refractivity contribution >= 4 is 5.97 Å². The SMILES string of the molecule is COC(=O)[C@@H]1CC(C)CCN1[C@@H](C)c1ccccc1. The zero-order chi connectivity index (χ0) is 13.8. The zero-order valence-electron chi connectivity index (χ0n) is 12.0. The molecule has 0 spiro atoms. The first-order valence-electron chi connectivity index (χ1n) is 7.02. The molecule has 104 valence electrons. The maximum Gasteiger partial charge on any atom is 0.323 e. The lowest BCUT2D eigenvalue weighted by Gasteiger charge is -2.40. The second-order valence-electron chi connectivity index (χ2n) is 5.49. The summed E-state index contributed by atoms with van der Waals surface area (Å²) in [5.41, 5.74) is 1.26. The third-order valence-electron chi connectivity index (χ3n) is 4.16. The van der Waals surface area contributed by atoms with Crippen molar-refractivity contribution in [1.82, 2.24) is 4.90 Å². The van der Waals surface area contributed by atoms with Gasteiger partial charge in [0.05, 0.1) is 7.11 Å². The van der Waals surface area contributed by atoms with Crippen LogP contribution in [0.4, 0.5) is 0 Å². The Bertz CT molecular complexity index is 418. The van der Waals surface area contributed by atoms with Gasteiger partial charge in [0, 0.05) is 6.04 Å². The quantitative estimate of drug-likeness (QED) is 0.783. The smallest absolute Gasteiger partial charge is 0.323 e. The molecule has 1 unspecified atom stereocenters. The van der Waals surface area contributed by atoms with Gasteiger partial charge in [-0.2, -0.15) is 0 Å². The predicted octanol–water partition coefficient (Wildman–Crippen LogP) is 3.02. The van der Waals surface area contributed by atoms with E-state index in [1.807, 2.05) is 18.2 Å². The molecule has 1 aromatic carbocycles. The maximum atomic E-state index is 12.0. The van der Waals surface area contributed by atoms with Crippen LogP contribution in [0.3, 0.4) is 0 Å². The van der Waals surface area contributed by atoms with Crippen molar-refractivity contribution in [2.24, 2.45) is 5.92 Å². The van der Waals surface area contributed by atoms with Crippen LogP contribution in [0, 0.1) is 5.92 Å². The summed E-state index contributed by atoms with van der Waals surface area (Å²) >= 11 is 0. The monoisotopic (exact) mass is 261 g/mol. The number of methoxy groups -OCH3 is 1. The van der Waals surface area contributed by atoms with E-state index in [9.17, 15) is 4.79 Å². The minimum Gasteiger partial charge on any atom is -0.468 e. The summed E-state index contributed by atoms with van der Waals surface area (Å²) in [6, 6.07) is 10.5. The Morgan fingerprint density at radius 3 is 2.68 bits per heavy atom.